The van der Waals surface area contributed by atoms with Crippen molar-refractivity contribution in [2.45, 2.75) is 0 Å². The van der Waals surface area contributed by atoms with Crippen LogP contribution in [0.1, 0.15) is 16.7 Å². The predicted octanol–water partition coefficient (Wildman–Crippen LogP) is 8.51. The van der Waals surface area contributed by atoms with Crippen molar-refractivity contribution in [1.82, 2.24) is 45.0 Å². The highest BCUT2D eigenvalue weighted by Crippen LogP contribution is 2.37. The van der Waals surface area contributed by atoms with Crippen molar-refractivity contribution in [3.63, 3.8) is 0 Å². The van der Waals surface area contributed by atoms with Crippen LogP contribution in [0.5, 0.6) is 0 Å². The number of anilines is 3. The number of nitrogens with zero attached hydrogens (tertiary/aromatic N) is 13. The number of aromatic nitrogens is 9. The smallest absolute Gasteiger partial charge is 0.113 e. The first kappa shape index (κ1) is 34.8. The zero-order chi connectivity index (χ0) is 39.4. The van der Waals surface area contributed by atoms with E-state index in [4.69, 9.17) is 15.8 Å². The maximum absolute atomic E-state index is 9.16. The zero-order valence-corrected chi connectivity index (χ0v) is 30.4. The molecule has 0 fully saturated rings. The highest BCUT2D eigenvalue weighted by molar-refractivity contribution is 5.80. The minimum atomic E-state index is 0.577. The van der Waals surface area contributed by atoms with E-state index in [1.807, 2.05) is 128 Å². The molecule has 0 bridgehead atoms. The van der Waals surface area contributed by atoms with Gasteiger partial charge in [-0.2, -0.15) is 15.8 Å². The molecule has 58 heavy (non-hydrogen) atoms. The number of nitriles is 3. The predicted molar refractivity (Wildman–Crippen MR) is 216 cm³/mol. The number of hydrogen-bond acceptors (Lipinski definition) is 10. The maximum atomic E-state index is 9.16. The Morgan fingerprint density at radius 3 is 0.845 bits per heavy atom. The van der Waals surface area contributed by atoms with Crippen molar-refractivity contribution in [2.24, 2.45) is 0 Å². The Bertz CT molecular complexity index is 2660. The largest absolute Gasteiger partial charge is 0.311 e. The molecule has 0 unspecified atom stereocenters. The summed E-state index contributed by atoms with van der Waals surface area (Å²) in [7, 11) is 0. The standard InChI is InChI=1S/C45H27N13/c46-25-31-1-13-37(14-2-31)55-28-43(49-52-55)34-7-19-40(20-8-34)58(41-21-9-35(10-22-41)44-29-56(53-50-44)38-15-3-32(26-47)4-16-38)42-23-11-36(12-24-42)45-30-57(54-51-45)39-17-5-33(27-48)6-18-39/h1-24,28-30H. The van der Waals surface area contributed by atoms with Crippen molar-refractivity contribution < 1.29 is 0 Å². The van der Waals surface area contributed by atoms with Gasteiger partial charge in [-0.3, -0.25) is 0 Å². The van der Waals surface area contributed by atoms with Crippen LogP contribution in [-0.4, -0.2) is 45.0 Å². The van der Waals surface area contributed by atoms with E-state index < -0.39 is 0 Å². The molecule has 3 aromatic heterocycles. The summed E-state index contributed by atoms with van der Waals surface area (Å²) in [5, 5.41) is 53.7. The van der Waals surface area contributed by atoms with E-state index in [0.717, 1.165) is 50.8 Å². The van der Waals surface area contributed by atoms with E-state index in [2.05, 4.69) is 54.0 Å². The Morgan fingerprint density at radius 2 is 0.603 bits per heavy atom. The molecule has 13 heteroatoms. The minimum absolute atomic E-state index is 0.577. The molecule has 0 radical (unpaired) electrons. The minimum Gasteiger partial charge on any atom is -0.311 e. The van der Waals surface area contributed by atoms with Crippen LogP contribution in [0.25, 0.3) is 50.8 Å². The van der Waals surface area contributed by atoms with Gasteiger partial charge in [0.1, 0.15) is 17.1 Å². The molecule has 13 nitrogen and oxygen atoms in total. The van der Waals surface area contributed by atoms with Gasteiger partial charge in [-0.15, -0.1) is 15.3 Å². The second kappa shape index (κ2) is 15.0. The molecular formula is C45H27N13. The Hall–Kier alpha value is -8.99. The molecule has 0 aliphatic heterocycles. The van der Waals surface area contributed by atoms with E-state index in [1.54, 1.807) is 50.4 Å². The average Bonchev–Trinajstić information content (AvgIpc) is 4.10. The summed E-state index contributed by atoms with van der Waals surface area (Å²) in [5.74, 6) is 0. The fourth-order valence-corrected chi connectivity index (χ4v) is 6.42. The van der Waals surface area contributed by atoms with E-state index in [9.17, 15) is 0 Å². The third kappa shape index (κ3) is 6.91. The molecule has 0 aliphatic carbocycles. The van der Waals surface area contributed by atoms with Crippen LogP contribution in [0.3, 0.4) is 0 Å². The summed E-state index contributed by atoms with van der Waals surface area (Å²) < 4.78 is 5.06. The van der Waals surface area contributed by atoms with Crippen LogP contribution >= 0.6 is 0 Å². The number of benzene rings is 6. The molecule has 0 N–H and O–H groups in total. The molecular weight excluding hydrogens is 723 g/mol. The lowest BCUT2D eigenvalue weighted by molar-refractivity contribution is 0.804. The highest BCUT2D eigenvalue weighted by Gasteiger charge is 2.16. The lowest BCUT2D eigenvalue weighted by Gasteiger charge is -2.26. The van der Waals surface area contributed by atoms with Crippen molar-refractivity contribution in [3.8, 4) is 69.0 Å². The van der Waals surface area contributed by atoms with Crippen molar-refractivity contribution in [2.75, 3.05) is 4.90 Å². The van der Waals surface area contributed by atoms with Gasteiger partial charge in [0.15, 0.2) is 0 Å². The highest BCUT2D eigenvalue weighted by atomic mass is 15.4. The van der Waals surface area contributed by atoms with E-state index >= 15 is 0 Å². The van der Waals surface area contributed by atoms with E-state index in [0.29, 0.717) is 33.8 Å². The molecule has 0 atom stereocenters. The fourth-order valence-electron chi connectivity index (χ4n) is 6.42. The summed E-state index contributed by atoms with van der Waals surface area (Å²) in [5.41, 5.74) is 11.7. The average molecular weight is 750 g/mol. The Balaban J connectivity index is 1.02. The molecule has 0 amide bonds. The molecule has 0 aliphatic rings. The van der Waals surface area contributed by atoms with Gasteiger partial charge in [0.25, 0.3) is 0 Å². The van der Waals surface area contributed by atoms with Gasteiger partial charge in [-0.25, -0.2) is 14.0 Å². The second-order valence-electron chi connectivity index (χ2n) is 13.1. The van der Waals surface area contributed by atoms with Gasteiger partial charge in [0, 0.05) is 33.8 Å². The van der Waals surface area contributed by atoms with Gasteiger partial charge in [-0.1, -0.05) is 52.0 Å². The summed E-state index contributed by atoms with van der Waals surface area (Å²) in [6.45, 7) is 0. The quantitative estimate of drug-likeness (QED) is 0.140. The van der Waals surface area contributed by atoms with Crippen molar-refractivity contribution in [1.29, 1.82) is 15.8 Å². The molecule has 9 aromatic rings. The lowest BCUT2D eigenvalue weighted by Crippen LogP contribution is -2.09. The molecule has 6 aromatic carbocycles. The molecule has 9 rings (SSSR count). The van der Waals surface area contributed by atoms with Crippen LogP contribution in [-0.2, 0) is 0 Å². The fraction of sp³-hybridized carbons (Fsp3) is 0. The maximum Gasteiger partial charge on any atom is 0.113 e. The van der Waals surface area contributed by atoms with Gasteiger partial charge in [0.2, 0.25) is 0 Å². The van der Waals surface area contributed by atoms with Gasteiger partial charge in [-0.05, 0) is 109 Å². The summed E-state index contributed by atoms with van der Waals surface area (Å²) in [6.07, 6.45) is 5.59. The number of rotatable bonds is 9. The van der Waals surface area contributed by atoms with Gasteiger partial charge in [0.05, 0.1) is 70.6 Å². The first-order chi connectivity index (χ1) is 28.5. The molecule has 272 valence electrons. The van der Waals surface area contributed by atoms with E-state index in [1.165, 1.54) is 0 Å². The van der Waals surface area contributed by atoms with Gasteiger partial charge >= 0.3 is 0 Å². The van der Waals surface area contributed by atoms with Gasteiger partial charge < -0.3 is 4.90 Å². The normalized spacial score (nSPS) is 10.7. The molecule has 0 spiro atoms. The zero-order valence-electron chi connectivity index (χ0n) is 30.4. The van der Waals surface area contributed by atoms with Crippen LogP contribution < -0.4 is 4.90 Å². The lowest BCUT2D eigenvalue weighted by atomic mass is 10.1. The Labute approximate surface area is 331 Å². The molecule has 3 heterocycles. The summed E-state index contributed by atoms with van der Waals surface area (Å²) in [4.78, 5) is 2.16. The summed E-state index contributed by atoms with van der Waals surface area (Å²) in [6, 6.07) is 52.3. The first-order valence-electron chi connectivity index (χ1n) is 18.0. The monoisotopic (exact) mass is 749 g/mol. The first-order valence-corrected chi connectivity index (χ1v) is 18.0. The molecule has 0 saturated carbocycles. The van der Waals surface area contributed by atoms with Crippen LogP contribution in [0.4, 0.5) is 17.1 Å². The van der Waals surface area contributed by atoms with Crippen molar-refractivity contribution >= 4 is 17.1 Å². The second-order valence-corrected chi connectivity index (χ2v) is 13.1. The third-order valence-corrected chi connectivity index (χ3v) is 9.53. The Kier molecular flexibility index (Phi) is 9.01. The number of hydrogen-bond donors (Lipinski definition) is 0. The third-order valence-electron chi connectivity index (χ3n) is 9.53. The Morgan fingerprint density at radius 1 is 0.345 bits per heavy atom. The summed E-state index contributed by atoms with van der Waals surface area (Å²) >= 11 is 0. The van der Waals surface area contributed by atoms with Crippen LogP contribution in [0, 0.1) is 34.0 Å². The topological polar surface area (TPSA) is 167 Å². The van der Waals surface area contributed by atoms with E-state index in [-0.39, 0.29) is 0 Å². The molecule has 0 saturated heterocycles. The van der Waals surface area contributed by atoms with Crippen LogP contribution in [0.2, 0.25) is 0 Å². The van der Waals surface area contributed by atoms with Crippen LogP contribution in [0.15, 0.2) is 164 Å². The van der Waals surface area contributed by atoms with Crippen molar-refractivity contribution in [3.05, 3.63) is 181 Å². The SMILES string of the molecule is N#Cc1ccc(-n2cc(-c3ccc(N(c4ccc(-c5cn(-c6ccc(C#N)cc6)nn5)cc4)c4ccc(-c5cn(-c6ccc(C#N)cc6)nn5)cc4)cc3)nn2)cc1.